The van der Waals surface area contributed by atoms with Gasteiger partial charge in [0.2, 0.25) is 0 Å². The van der Waals surface area contributed by atoms with Crippen LogP contribution >= 0.6 is 24.6 Å². The molecule has 23 heavy (non-hydrogen) atoms. The highest BCUT2D eigenvalue weighted by Gasteiger charge is 2.12. The minimum atomic E-state index is -0.253. The molecular weight excluding hydrogens is 336 g/mol. The van der Waals surface area contributed by atoms with Crippen molar-refractivity contribution in [1.29, 1.82) is 0 Å². The van der Waals surface area contributed by atoms with Gasteiger partial charge in [0.25, 0.3) is 5.56 Å². The molecule has 0 radical (unpaired) electrons. The van der Waals surface area contributed by atoms with Gasteiger partial charge in [-0.2, -0.15) is 15.0 Å². The molecule has 0 aliphatic carbocycles. The van der Waals surface area contributed by atoms with E-state index in [2.05, 4.69) is 15.2 Å². The number of para-hydroxylation sites is 1. The van der Waals surface area contributed by atoms with Crippen LogP contribution < -0.4 is 11.3 Å². The van der Waals surface area contributed by atoms with Gasteiger partial charge in [-0.05, 0) is 18.3 Å². The maximum Gasteiger partial charge on any atom is 0.252 e. The van der Waals surface area contributed by atoms with Gasteiger partial charge in [0.15, 0.2) is 4.77 Å². The Morgan fingerprint density at radius 2 is 1.91 bits per heavy atom. The molecule has 3 rings (SSSR count). The van der Waals surface area contributed by atoms with Gasteiger partial charge in [-0.25, -0.2) is 0 Å². The summed E-state index contributed by atoms with van der Waals surface area (Å²) in [7, 11) is 0. The SMILES string of the molecule is Cl.NCCn1c(-c2ccccc2-n2nccn2)cc(=O)[nH]c1=S. The summed E-state index contributed by atoms with van der Waals surface area (Å²) in [5, 5.41) is 8.31. The van der Waals surface area contributed by atoms with Gasteiger partial charge in [0.05, 0.1) is 23.8 Å². The number of nitrogens with one attached hydrogen (secondary N) is 1. The van der Waals surface area contributed by atoms with Crippen molar-refractivity contribution in [3.05, 3.63) is 57.9 Å². The Hall–Kier alpha value is -2.29. The molecule has 0 unspecified atom stereocenters. The van der Waals surface area contributed by atoms with E-state index in [0.29, 0.717) is 23.6 Å². The maximum atomic E-state index is 11.8. The van der Waals surface area contributed by atoms with E-state index in [1.807, 2.05) is 24.3 Å². The lowest BCUT2D eigenvalue weighted by Crippen LogP contribution is -2.19. The second kappa shape index (κ2) is 7.32. The van der Waals surface area contributed by atoms with Crippen LogP contribution in [-0.2, 0) is 6.54 Å². The second-order valence-corrected chi connectivity index (χ2v) is 4.99. The summed E-state index contributed by atoms with van der Waals surface area (Å²) in [6.07, 6.45) is 3.20. The lowest BCUT2D eigenvalue weighted by Gasteiger charge is -2.15. The number of rotatable bonds is 4. The molecule has 3 aromatic rings. The molecule has 2 heterocycles. The predicted octanol–water partition coefficient (Wildman–Crippen LogP) is 1.53. The minimum absolute atomic E-state index is 0. The third-order valence-corrected chi connectivity index (χ3v) is 3.52. The smallest absolute Gasteiger partial charge is 0.252 e. The lowest BCUT2D eigenvalue weighted by atomic mass is 10.1. The molecule has 0 aliphatic rings. The van der Waals surface area contributed by atoms with Gasteiger partial charge in [-0.1, -0.05) is 18.2 Å². The Morgan fingerprint density at radius 3 is 2.61 bits per heavy atom. The predicted molar refractivity (Wildman–Crippen MR) is 92.5 cm³/mol. The fraction of sp³-hybridized carbons (Fsp3) is 0.143. The quantitative estimate of drug-likeness (QED) is 0.696. The van der Waals surface area contributed by atoms with Gasteiger partial charge >= 0.3 is 0 Å². The Morgan fingerprint density at radius 1 is 1.22 bits per heavy atom. The Balaban J connectivity index is 0.00000192. The Labute approximate surface area is 143 Å². The van der Waals surface area contributed by atoms with E-state index >= 15 is 0 Å². The van der Waals surface area contributed by atoms with Gasteiger partial charge in [-0.3, -0.25) is 9.78 Å². The number of halogens is 1. The van der Waals surface area contributed by atoms with Gasteiger partial charge in [-0.15, -0.1) is 12.4 Å². The number of hydrogen-bond acceptors (Lipinski definition) is 5. The molecule has 0 spiro atoms. The van der Waals surface area contributed by atoms with Gasteiger partial charge < -0.3 is 10.3 Å². The molecule has 0 aliphatic heterocycles. The highest BCUT2D eigenvalue weighted by molar-refractivity contribution is 7.71. The van der Waals surface area contributed by atoms with Crippen LogP contribution in [0.3, 0.4) is 0 Å². The largest absolute Gasteiger partial charge is 0.329 e. The molecule has 2 aromatic heterocycles. The zero-order valence-corrected chi connectivity index (χ0v) is 13.7. The van der Waals surface area contributed by atoms with E-state index in [9.17, 15) is 4.79 Å². The summed E-state index contributed by atoms with van der Waals surface area (Å²) in [4.78, 5) is 16.0. The number of hydrogen-bond donors (Lipinski definition) is 2. The lowest BCUT2D eigenvalue weighted by molar-refractivity contribution is 0.678. The molecule has 9 heteroatoms. The first-order valence-corrected chi connectivity index (χ1v) is 7.12. The average Bonchev–Trinajstić information content (AvgIpc) is 3.04. The third-order valence-electron chi connectivity index (χ3n) is 3.20. The molecule has 0 atom stereocenters. The van der Waals surface area contributed by atoms with Crippen molar-refractivity contribution in [2.24, 2.45) is 5.73 Å². The number of nitrogens with zero attached hydrogens (tertiary/aromatic N) is 4. The number of aromatic amines is 1. The van der Waals surface area contributed by atoms with Crippen molar-refractivity contribution in [2.75, 3.05) is 6.54 Å². The van der Waals surface area contributed by atoms with Crippen molar-refractivity contribution < 1.29 is 0 Å². The Kier molecular flexibility index (Phi) is 5.43. The summed E-state index contributed by atoms with van der Waals surface area (Å²) >= 11 is 5.25. The van der Waals surface area contributed by atoms with E-state index < -0.39 is 0 Å². The monoisotopic (exact) mass is 350 g/mol. The zero-order valence-electron chi connectivity index (χ0n) is 12.0. The first-order chi connectivity index (χ1) is 10.7. The normalized spacial score (nSPS) is 10.3. The topological polar surface area (TPSA) is 94.5 Å². The molecule has 3 N–H and O–H groups in total. The molecule has 0 bridgehead atoms. The average molecular weight is 351 g/mol. The van der Waals surface area contributed by atoms with Crippen molar-refractivity contribution in [1.82, 2.24) is 24.5 Å². The standard InChI is InChI=1S/C14H14N6OS.ClH/c15-5-8-19-12(9-13(21)18-14(19)22)10-3-1-2-4-11(10)20-16-6-7-17-20;/h1-4,6-7,9H,5,8,15H2,(H,18,21,22);1H. The highest BCUT2D eigenvalue weighted by Crippen LogP contribution is 2.24. The molecule has 0 saturated heterocycles. The summed E-state index contributed by atoms with van der Waals surface area (Å²) in [5.74, 6) is 0. The van der Waals surface area contributed by atoms with Crippen LogP contribution in [0.2, 0.25) is 0 Å². The van der Waals surface area contributed by atoms with Gasteiger partial charge in [0, 0.05) is 24.7 Å². The number of nitrogens with two attached hydrogens (primary N) is 1. The van der Waals surface area contributed by atoms with Crippen LogP contribution in [0, 0.1) is 4.77 Å². The highest BCUT2D eigenvalue weighted by atomic mass is 35.5. The van der Waals surface area contributed by atoms with E-state index in [-0.39, 0.29) is 18.0 Å². The van der Waals surface area contributed by atoms with Crippen LogP contribution in [0.4, 0.5) is 0 Å². The summed E-state index contributed by atoms with van der Waals surface area (Å²) in [6.45, 7) is 0.918. The van der Waals surface area contributed by atoms with E-state index in [1.54, 1.807) is 17.0 Å². The molecule has 0 amide bonds. The second-order valence-electron chi connectivity index (χ2n) is 4.60. The maximum absolute atomic E-state index is 11.8. The number of H-pyrrole nitrogens is 1. The fourth-order valence-corrected chi connectivity index (χ4v) is 2.59. The molecular formula is C14H15ClN6OS. The summed E-state index contributed by atoms with van der Waals surface area (Å²) < 4.78 is 2.15. The summed E-state index contributed by atoms with van der Waals surface area (Å²) in [5.41, 5.74) is 7.66. The third kappa shape index (κ3) is 3.39. The van der Waals surface area contributed by atoms with E-state index in [1.165, 1.54) is 10.9 Å². The number of benzene rings is 1. The van der Waals surface area contributed by atoms with Crippen molar-refractivity contribution in [3.63, 3.8) is 0 Å². The van der Waals surface area contributed by atoms with E-state index in [0.717, 1.165) is 11.3 Å². The van der Waals surface area contributed by atoms with E-state index in [4.69, 9.17) is 18.0 Å². The zero-order chi connectivity index (χ0) is 15.5. The molecule has 1 aromatic carbocycles. The fourth-order valence-electron chi connectivity index (χ4n) is 2.30. The first kappa shape index (κ1) is 17.1. The molecule has 120 valence electrons. The molecule has 0 saturated carbocycles. The molecule has 0 fully saturated rings. The van der Waals surface area contributed by atoms with Crippen molar-refractivity contribution in [2.45, 2.75) is 6.54 Å². The number of aromatic nitrogens is 5. The van der Waals surface area contributed by atoms with Crippen LogP contribution in [-0.4, -0.2) is 31.1 Å². The van der Waals surface area contributed by atoms with Crippen LogP contribution in [0.25, 0.3) is 16.9 Å². The van der Waals surface area contributed by atoms with Crippen LogP contribution in [0.5, 0.6) is 0 Å². The summed E-state index contributed by atoms with van der Waals surface area (Å²) in [6, 6.07) is 9.06. The van der Waals surface area contributed by atoms with Crippen LogP contribution in [0.1, 0.15) is 0 Å². The van der Waals surface area contributed by atoms with Crippen molar-refractivity contribution in [3.8, 4) is 16.9 Å². The Bertz CT molecular complexity index is 902. The van der Waals surface area contributed by atoms with Crippen LogP contribution in [0.15, 0.2) is 47.5 Å². The molecule has 7 nitrogen and oxygen atoms in total. The minimum Gasteiger partial charge on any atom is -0.329 e. The first-order valence-electron chi connectivity index (χ1n) is 6.71. The van der Waals surface area contributed by atoms with Gasteiger partial charge in [0.1, 0.15) is 0 Å². The van der Waals surface area contributed by atoms with Crippen molar-refractivity contribution >= 4 is 24.6 Å².